The molecule has 4 nitrogen and oxygen atoms in total. The van der Waals surface area contributed by atoms with Crippen molar-refractivity contribution in [2.45, 2.75) is 25.9 Å². The van der Waals surface area contributed by atoms with Gasteiger partial charge in [0.2, 0.25) is 0 Å². The van der Waals surface area contributed by atoms with Crippen LogP contribution in [0.2, 0.25) is 5.02 Å². The molecule has 1 N–H and O–H groups in total. The SMILES string of the molecule is CC1COCC(C)N1c1ccc(NC(=O)c2cccc(Cl)c2)cc1. The second kappa shape index (κ2) is 7.24. The number of nitrogens with zero attached hydrogens (tertiary/aromatic N) is 1. The number of morpholine rings is 1. The van der Waals surface area contributed by atoms with Crippen LogP contribution in [-0.2, 0) is 4.74 Å². The monoisotopic (exact) mass is 344 g/mol. The van der Waals surface area contributed by atoms with Crippen molar-refractivity contribution >= 4 is 28.9 Å². The van der Waals surface area contributed by atoms with Crippen molar-refractivity contribution in [1.82, 2.24) is 0 Å². The number of hydrogen-bond donors (Lipinski definition) is 1. The minimum absolute atomic E-state index is 0.168. The summed E-state index contributed by atoms with van der Waals surface area (Å²) >= 11 is 5.93. The summed E-state index contributed by atoms with van der Waals surface area (Å²) in [7, 11) is 0. The van der Waals surface area contributed by atoms with Crippen molar-refractivity contribution in [3.63, 3.8) is 0 Å². The average molecular weight is 345 g/mol. The number of nitrogens with one attached hydrogen (secondary N) is 1. The van der Waals surface area contributed by atoms with Gasteiger partial charge in [0.15, 0.2) is 0 Å². The van der Waals surface area contributed by atoms with E-state index in [4.69, 9.17) is 16.3 Å². The topological polar surface area (TPSA) is 41.6 Å². The lowest BCUT2D eigenvalue weighted by Crippen LogP contribution is -2.49. The van der Waals surface area contributed by atoms with E-state index in [-0.39, 0.29) is 5.91 Å². The Bertz CT molecular complexity index is 708. The molecule has 3 rings (SSSR count). The molecule has 2 atom stereocenters. The number of anilines is 2. The predicted molar refractivity (Wildman–Crippen MR) is 98.1 cm³/mol. The van der Waals surface area contributed by atoms with Crippen LogP contribution in [0.25, 0.3) is 0 Å². The number of carbonyl (C=O) groups is 1. The van der Waals surface area contributed by atoms with Gasteiger partial charge in [-0.15, -0.1) is 0 Å². The van der Waals surface area contributed by atoms with Crippen molar-refractivity contribution in [3.8, 4) is 0 Å². The lowest BCUT2D eigenvalue weighted by Gasteiger charge is -2.40. The zero-order chi connectivity index (χ0) is 17.1. The molecule has 1 saturated heterocycles. The summed E-state index contributed by atoms with van der Waals surface area (Å²) in [6.07, 6.45) is 0. The van der Waals surface area contributed by atoms with Gasteiger partial charge in [0.25, 0.3) is 5.91 Å². The summed E-state index contributed by atoms with van der Waals surface area (Å²) in [6, 6.07) is 15.5. The van der Waals surface area contributed by atoms with Gasteiger partial charge in [-0.3, -0.25) is 4.79 Å². The van der Waals surface area contributed by atoms with Crippen LogP contribution in [0.5, 0.6) is 0 Å². The summed E-state index contributed by atoms with van der Waals surface area (Å²) in [4.78, 5) is 14.6. The van der Waals surface area contributed by atoms with Crippen molar-refractivity contribution in [2.24, 2.45) is 0 Å². The third-order valence-corrected chi connectivity index (χ3v) is 4.41. The van der Waals surface area contributed by atoms with Crippen LogP contribution in [0.3, 0.4) is 0 Å². The van der Waals surface area contributed by atoms with Crippen molar-refractivity contribution in [2.75, 3.05) is 23.4 Å². The number of halogens is 1. The molecule has 1 heterocycles. The second-order valence-electron chi connectivity index (χ2n) is 6.15. The van der Waals surface area contributed by atoms with E-state index in [1.165, 1.54) is 0 Å². The first-order chi connectivity index (χ1) is 11.5. The Balaban J connectivity index is 1.71. The van der Waals surface area contributed by atoms with Gasteiger partial charge >= 0.3 is 0 Å². The molecule has 0 aromatic heterocycles. The Morgan fingerprint density at radius 2 is 1.79 bits per heavy atom. The van der Waals surface area contributed by atoms with Gasteiger partial charge in [-0.05, 0) is 56.3 Å². The van der Waals surface area contributed by atoms with Crippen LogP contribution >= 0.6 is 11.6 Å². The average Bonchev–Trinajstić information content (AvgIpc) is 2.56. The van der Waals surface area contributed by atoms with Crippen molar-refractivity contribution in [1.29, 1.82) is 0 Å². The maximum Gasteiger partial charge on any atom is 0.255 e. The van der Waals surface area contributed by atoms with Gasteiger partial charge in [-0.2, -0.15) is 0 Å². The molecule has 0 bridgehead atoms. The molecule has 2 aromatic carbocycles. The number of hydrogen-bond acceptors (Lipinski definition) is 3. The Morgan fingerprint density at radius 3 is 2.42 bits per heavy atom. The van der Waals surface area contributed by atoms with Crippen LogP contribution in [0.15, 0.2) is 48.5 Å². The standard InChI is InChI=1S/C19H21ClN2O2/c1-13-11-24-12-14(2)22(13)18-8-6-17(7-9-18)21-19(23)15-4-3-5-16(20)10-15/h3-10,13-14H,11-12H2,1-2H3,(H,21,23). The van der Waals surface area contributed by atoms with E-state index in [0.29, 0.717) is 22.7 Å². The molecular weight excluding hydrogens is 324 g/mol. The molecule has 1 fully saturated rings. The van der Waals surface area contributed by atoms with E-state index in [9.17, 15) is 4.79 Å². The molecule has 0 aliphatic carbocycles. The maximum atomic E-state index is 12.3. The summed E-state index contributed by atoms with van der Waals surface area (Å²) < 4.78 is 5.57. The highest BCUT2D eigenvalue weighted by Crippen LogP contribution is 2.25. The molecular formula is C19H21ClN2O2. The van der Waals surface area contributed by atoms with E-state index in [0.717, 1.165) is 24.6 Å². The fraction of sp³-hybridized carbons (Fsp3) is 0.316. The van der Waals surface area contributed by atoms with Gasteiger partial charge in [-0.25, -0.2) is 0 Å². The van der Waals surface area contributed by atoms with Crippen LogP contribution in [-0.4, -0.2) is 31.2 Å². The van der Waals surface area contributed by atoms with Crippen LogP contribution < -0.4 is 10.2 Å². The van der Waals surface area contributed by atoms with Crippen molar-refractivity contribution < 1.29 is 9.53 Å². The third-order valence-electron chi connectivity index (χ3n) is 4.18. The summed E-state index contributed by atoms with van der Waals surface area (Å²) in [5.41, 5.74) is 2.44. The highest BCUT2D eigenvalue weighted by molar-refractivity contribution is 6.31. The van der Waals surface area contributed by atoms with Crippen LogP contribution in [0.4, 0.5) is 11.4 Å². The Labute approximate surface area is 147 Å². The highest BCUT2D eigenvalue weighted by atomic mass is 35.5. The fourth-order valence-corrected chi connectivity index (χ4v) is 3.25. The summed E-state index contributed by atoms with van der Waals surface area (Å²) in [6.45, 7) is 5.78. The Hall–Kier alpha value is -2.04. The maximum absolute atomic E-state index is 12.3. The second-order valence-corrected chi connectivity index (χ2v) is 6.59. The Morgan fingerprint density at radius 1 is 1.12 bits per heavy atom. The summed E-state index contributed by atoms with van der Waals surface area (Å²) in [5, 5.41) is 3.45. The molecule has 1 amide bonds. The first-order valence-corrected chi connectivity index (χ1v) is 8.45. The lowest BCUT2D eigenvalue weighted by atomic mass is 10.1. The normalized spacial score (nSPS) is 20.7. The zero-order valence-electron chi connectivity index (χ0n) is 13.8. The third kappa shape index (κ3) is 3.71. The lowest BCUT2D eigenvalue weighted by molar-refractivity contribution is 0.0757. The van der Waals surface area contributed by atoms with Crippen LogP contribution in [0.1, 0.15) is 24.2 Å². The zero-order valence-corrected chi connectivity index (χ0v) is 14.6. The smallest absolute Gasteiger partial charge is 0.255 e. The Kier molecular flexibility index (Phi) is 5.07. The van der Waals surface area contributed by atoms with Crippen molar-refractivity contribution in [3.05, 3.63) is 59.1 Å². The van der Waals surface area contributed by atoms with E-state index in [1.54, 1.807) is 24.3 Å². The van der Waals surface area contributed by atoms with Crippen LogP contribution in [0, 0.1) is 0 Å². The molecule has 0 radical (unpaired) electrons. The molecule has 0 saturated carbocycles. The first-order valence-electron chi connectivity index (χ1n) is 8.07. The number of amides is 1. The molecule has 5 heteroatoms. The fourth-order valence-electron chi connectivity index (χ4n) is 3.06. The molecule has 1 aliphatic heterocycles. The number of rotatable bonds is 3. The van der Waals surface area contributed by atoms with E-state index < -0.39 is 0 Å². The quantitative estimate of drug-likeness (QED) is 0.907. The molecule has 0 spiro atoms. The molecule has 1 aliphatic rings. The summed E-state index contributed by atoms with van der Waals surface area (Å²) in [5.74, 6) is -0.168. The number of benzene rings is 2. The van der Waals surface area contributed by atoms with E-state index in [2.05, 4.69) is 24.1 Å². The number of ether oxygens (including phenoxy) is 1. The molecule has 24 heavy (non-hydrogen) atoms. The van der Waals surface area contributed by atoms with Gasteiger partial charge in [-0.1, -0.05) is 17.7 Å². The predicted octanol–water partition coefficient (Wildman–Crippen LogP) is 4.21. The molecule has 2 unspecified atom stereocenters. The highest BCUT2D eigenvalue weighted by Gasteiger charge is 2.25. The van der Waals surface area contributed by atoms with Gasteiger partial charge in [0.05, 0.1) is 13.2 Å². The minimum Gasteiger partial charge on any atom is -0.377 e. The number of carbonyl (C=O) groups excluding carboxylic acids is 1. The molecule has 126 valence electrons. The first kappa shape index (κ1) is 16.8. The van der Waals surface area contributed by atoms with E-state index in [1.807, 2.05) is 24.3 Å². The molecule has 2 aromatic rings. The van der Waals surface area contributed by atoms with E-state index >= 15 is 0 Å². The van der Waals surface area contributed by atoms with Gasteiger partial charge < -0.3 is 15.0 Å². The van der Waals surface area contributed by atoms with Gasteiger partial charge in [0, 0.05) is 34.0 Å². The minimum atomic E-state index is -0.168. The van der Waals surface area contributed by atoms with Gasteiger partial charge in [0.1, 0.15) is 0 Å². The largest absolute Gasteiger partial charge is 0.377 e.